The lowest BCUT2D eigenvalue weighted by Gasteiger charge is -2.29. The number of hydrogen-bond donors (Lipinski definition) is 1. The smallest absolute Gasteiger partial charge is 0.230 e. The van der Waals surface area contributed by atoms with Crippen LogP contribution in [0.15, 0.2) is 53.9 Å². The number of para-hydroxylation sites is 1. The van der Waals surface area contributed by atoms with Crippen molar-refractivity contribution in [1.29, 1.82) is 0 Å². The number of rotatable bonds is 6. The van der Waals surface area contributed by atoms with Crippen LogP contribution in [-0.4, -0.2) is 37.5 Å². The van der Waals surface area contributed by atoms with Gasteiger partial charge in [0.1, 0.15) is 0 Å². The Hall–Kier alpha value is -2.67. The predicted octanol–water partition coefficient (Wildman–Crippen LogP) is 4.42. The summed E-state index contributed by atoms with van der Waals surface area (Å²) in [6.07, 6.45) is 8.24. The molecule has 0 unspecified atom stereocenters. The Morgan fingerprint density at radius 2 is 2.00 bits per heavy atom. The van der Waals surface area contributed by atoms with Gasteiger partial charge in [-0.15, -0.1) is 10.2 Å². The van der Waals surface area contributed by atoms with Gasteiger partial charge in [0.2, 0.25) is 5.91 Å². The molecule has 0 spiro atoms. The zero-order valence-corrected chi connectivity index (χ0v) is 18.2. The van der Waals surface area contributed by atoms with Gasteiger partial charge in [-0.1, -0.05) is 49.7 Å². The summed E-state index contributed by atoms with van der Waals surface area (Å²) in [5.41, 5.74) is 3.01. The number of pyridine rings is 1. The van der Waals surface area contributed by atoms with E-state index in [9.17, 15) is 4.79 Å². The molecule has 1 aromatic carbocycles. The van der Waals surface area contributed by atoms with Crippen LogP contribution in [0.3, 0.4) is 0 Å². The van der Waals surface area contributed by atoms with E-state index < -0.39 is 0 Å². The number of amides is 1. The van der Waals surface area contributed by atoms with E-state index in [1.165, 1.54) is 31.0 Å². The van der Waals surface area contributed by atoms with Crippen LogP contribution in [0.4, 0.5) is 0 Å². The quantitative estimate of drug-likeness (QED) is 0.596. The predicted molar refractivity (Wildman–Crippen MR) is 120 cm³/mol. The van der Waals surface area contributed by atoms with E-state index in [-0.39, 0.29) is 11.9 Å². The minimum Gasteiger partial charge on any atom is -0.352 e. The highest BCUT2D eigenvalue weighted by atomic mass is 32.2. The van der Waals surface area contributed by atoms with E-state index in [0.717, 1.165) is 29.1 Å². The van der Waals surface area contributed by atoms with Gasteiger partial charge in [0, 0.05) is 24.0 Å². The Morgan fingerprint density at radius 1 is 1.17 bits per heavy atom. The summed E-state index contributed by atoms with van der Waals surface area (Å²) in [6.45, 7) is 4.29. The van der Waals surface area contributed by atoms with Crippen LogP contribution in [0, 0.1) is 12.8 Å². The summed E-state index contributed by atoms with van der Waals surface area (Å²) in [5.74, 6) is 1.64. The average molecular weight is 422 g/mol. The molecule has 3 aromatic rings. The molecular formula is C23H27N5OS. The maximum atomic E-state index is 12.6. The number of benzene rings is 1. The summed E-state index contributed by atoms with van der Waals surface area (Å²) in [5, 5.41) is 12.8. The molecule has 2 aromatic heterocycles. The molecule has 1 fully saturated rings. The molecule has 156 valence electrons. The Bertz CT molecular complexity index is 1000. The summed E-state index contributed by atoms with van der Waals surface area (Å²) >= 11 is 1.42. The molecule has 2 heterocycles. The maximum Gasteiger partial charge on any atom is 0.230 e. The number of carbonyl (C=O) groups is 1. The van der Waals surface area contributed by atoms with Crippen LogP contribution in [0.2, 0.25) is 0 Å². The van der Waals surface area contributed by atoms with Gasteiger partial charge in [-0.25, -0.2) is 0 Å². The fraction of sp³-hybridized carbons (Fsp3) is 0.391. The van der Waals surface area contributed by atoms with Gasteiger partial charge in [0.25, 0.3) is 0 Å². The van der Waals surface area contributed by atoms with Crippen LogP contribution in [0.25, 0.3) is 17.1 Å². The molecule has 2 atom stereocenters. The molecule has 1 aliphatic rings. The first-order valence-electron chi connectivity index (χ1n) is 10.5. The Kier molecular flexibility index (Phi) is 6.47. The van der Waals surface area contributed by atoms with E-state index in [0.29, 0.717) is 16.8 Å². The van der Waals surface area contributed by atoms with Crippen molar-refractivity contribution in [2.24, 2.45) is 5.92 Å². The number of aryl methyl sites for hydroxylation is 1. The SMILES string of the molecule is Cc1ccccc1-n1c(SCC(=O)N[C@H]2CCCC[C@H]2C)nnc1-c1cccnc1. The van der Waals surface area contributed by atoms with Gasteiger partial charge < -0.3 is 5.32 Å². The van der Waals surface area contributed by atoms with Crippen LogP contribution in [-0.2, 0) is 4.79 Å². The van der Waals surface area contributed by atoms with Gasteiger partial charge in [-0.2, -0.15) is 0 Å². The lowest BCUT2D eigenvalue weighted by atomic mass is 9.86. The standard InChI is InChI=1S/C23H27N5OS/c1-16-8-3-5-11-19(16)25-21(29)15-30-23-27-26-22(18-10-7-13-24-14-18)28(23)20-12-6-4-9-17(20)2/h4,6-7,9-10,12-14,16,19H,3,5,8,11,15H2,1-2H3,(H,25,29)/t16-,19+/m1/s1. The summed E-state index contributed by atoms with van der Waals surface area (Å²) in [6, 6.07) is 12.3. The highest BCUT2D eigenvalue weighted by molar-refractivity contribution is 7.99. The number of carbonyl (C=O) groups excluding carboxylic acids is 1. The lowest BCUT2D eigenvalue weighted by molar-refractivity contribution is -0.119. The molecule has 4 rings (SSSR count). The van der Waals surface area contributed by atoms with Crippen molar-refractivity contribution in [3.63, 3.8) is 0 Å². The lowest BCUT2D eigenvalue weighted by Crippen LogP contribution is -2.41. The first kappa shape index (κ1) is 20.6. The summed E-state index contributed by atoms with van der Waals surface area (Å²) in [4.78, 5) is 16.8. The third-order valence-corrected chi connectivity index (χ3v) is 6.63. The highest BCUT2D eigenvalue weighted by Gasteiger charge is 2.24. The molecule has 1 aliphatic carbocycles. The largest absolute Gasteiger partial charge is 0.352 e. The molecule has 7 heteroatoms. The van der Waals surface area contributed by atoms with Crippen LogP contribution >= 0.6 is 11.8 Å². The minimum absolute atomic E-state index is 0.0565. The molecule has 0 aliphatic heterocycles. The number of aromatic nitrogens is 4. The first-order chi connectivity index (χ1) is 14.6. The summed E-state index contributed by atoms with van der Waals surface area (Å²) < 4.78 is 2.02. The second-order valence-electron chi connectivity index (χ2n) is 7.89. The van der Waals surface area contributed by atoms with E-state index in [2.05, 4.69) is 40.4 Å². The average Bonchev–Trinajstić information content (AvgIpc) is 3.18. The van der Waals surface area contributed by atoms with Crippen LogP contribution < -0.4 is 5.32 Å². The topological polar surface area (TPSA) is 72.7 Å². The third kappa shape index (κ3) is 4.56. The molecule has 1 saturated carbocycles. The van der Waals surface area contributed by atoms with Crippen molar-refractivity contribution in [2.75, 3.05) is 5.75 Å². The molecule has 1 N–H and O–H groups in total. The van der Waals surface area contributed by atoms with Crippen molar-refractivity contribution in [1.82, 2.24) is 25.1 Å². The Labute approximate surface area is 181 Å². The molecule has 0 radical (unpaired) electrons. The van der Waals surface area contributed by atoms with Gasteiger partial charge in [0.05, 0.1) is 11.4 Å². The minimum atomic E-state index is 0.0565. The fourth-order valence-corrected chi connectivity index (χ4v) is 4.74. The maximum absolute atomic E-state index is 12.6. The van der Waals surface area contributed by atoms with Gasteiger partial charge in [0.15, 0.2) is 11.0 Å². The van der Waals surface area contributed by atoms with Gasteiger partial charge in [-0.05, 0) is 49.4 Å². The van der Waals surface area contributed by atoms with Crippen LogP contribution in [0.1, 0.15) is 38.2 Å². The van der Waals surface area contributed by atoms with Crippen LogP contribution in [0.5, 0.6) is 0 Å². The van der Waals surface area contributed by atoms with E-state index in [1.54, 1.807) is 12.4 Å². The molecule has 0 bridgehead atoms. The van der Waals surface area contributed by atoms with E-state index in [1.807, 2.05) is 34.9 Å². The number of hydrogen-bond acceptors (Lipinski definition) is 5. The first-order valence-corrected chi connectivity index (χ1v) is 11.5. The normalized spacial score (nSPS) is 18.9. The molecule has 6 nitrogen and oxygen atoms in total. The molecule has 0 saturated heterocycles. The Morgan fingerprint density at radius 3 is 2.77 bits per heavy atom. The Balaban J connectivity index is 1.57. The summed E-state index contributed by atoms with van der Waals surface area (Å²) in [7, 11) is 0. The van der Waals surface area contributed by atoms with Crippen molar-refractivity contribution < 1.29 is 4.79 Å². The third-order valence-electron chi connectivity index (χ3n) is 5.70. The monoisotopic (exact) mass is 421 g/mol. The zero-order valence-electron chi connectivity index (χ0n) is 17.4. The fourth-order valence-electron chi connectivity index (χ4n) is 3.99. The van der Waals surface area contributed by atoms with Crippen molar-refractivity contribution in [3.05, 3.63) is 54.4 Å². The molecule has 1 amide bonds. The second-order valence-corrected chi connectivity index (χ2v) is 8.84. The van der Waals surface area contributed by atoms with Crippen molar-refractivity contribution in [2.45, 2.75) is 50.7 Å². The van der Waals surface area contributed by atoms with Crippen molar-refractivity contribution >= 4 is 17.7 Å². The highest BCUT2D eigenvalue weighted by Crippen LogP contribution is 2.29. The molecular weight excluding hydrogens is 394 g/mol. The van der Waals surface area contributed by atoms with Gasteiger partial charge in [-0.3, -0.25) is 14.3 Å². The molecule has 30 heavy (non-hydrogen) atoms. The number of nitrogens with zero attached hydrogens (tertiary/aromatic N) is 4. The van der Waals surface area contributed by atoms with E-state index in [4.69, 9.17) is 0 Å². The number of thioether (sulfide) groups is 1. The van der Waals surface area contributed by atoms with E-state index >= 15 is 0 Å². The van der Waals surface area contributed by atoms with Gasteiger partial charge >= 0.3 is 0 Å². The zero-order chi connectivity index (χ0) is 20.9. The second kappa shape index (κ2) is 9.43. The van der Waals surface area contributed by atoms with Crippen molar-refractivity contribution in [3.8, 4) is 17.1 Å². The number of nitrogens with one attached hydrogen (secondary N) is 1.